The number of nitrogens with two attached hydrogens (primary N) is 1. The summed E-state index contributed by atoms with van der Waals surface area (Å²) in [5.74, 6) is -0.400. The lowest BCUT2D eigenvalue weighted by molar-refractivity contribution is 0.0905. The molecule has 0 amide bonds. The number of halogens is 1. The third kappa shape index (κ3) is 3.28. The number of hydrogen-bond acceptors (Lipinski definition) is 4. The molecule has 0 fully saturated rings. The van der Waals surface area contributed by atoms with Crippen molar-refractivity contribution in [2.45, 2.75) is 45.8 Å². The van der Waals surface area contributed by atoms with E-state index in [0.717, 1.165) is 22.5 Å². The number of aromatic nitrogens is 1. The molecule has 2 heterocycles. The lowest BCUT2D eigenvalue weighted by Crippen LogP contribution is -2.19. The van der Waals surface area contributed by atoms with E-state index in [4.69, 9.17) is 10.6 Å². The molecule has 4 rings (SSSR count). The molecule has 1 aliphatic rings. The van der Waals surface area contributed by atoms with Crippen LogP contribution in [0.25, 0.3) is 10.9 Å². The highest BCUT2D eigenvalue weighted by molar-refractivity contribution is 5.91. The second kappa shape index (κ2) is 7.35. The van der Waals surface area contributed by atoms with Gasteiger partial charge in [-0.05, 0) is 49.6 Å². The van der Waals surface area contributed by atoms with Crippen molar-refractivity contribution < 1.29 is 9.23 Å². The number of anilines is 1. The molecule has 0 saturated heterocycles. The monoisotopic (exact) mass is 393 g/mol. The highest BCUT2D eigenvalue weighted by Gasteiger charge is 2.30. The number of benzene rings is 2. The van der Waals surface area contributed by atoms with Crippen molar-refractivity contribution >= 4 is 22.3 Å². The summed E-state index contributed by atoms with van der Waals surface area (Å²) < 4.78 is 16.0. The lowest BCUT2D eigenvalue weighted by atomic mass is 9.90. The summed E-state index contributed by atoms with van der Waals surface area (Å²) in [5.41, 5.74) is 10.4. The van der Waals surface area contributed by atoms with Gasteiger partial charge in [0, 0.05) is 23.7 Å². The molecular formula is C23H24FN3O2. The fourth-order valence-electron chi connectivity index (χ4n) is 4.14. The molecule has 2 N–H and O–H groups in total. The number of rotatable bonds is 4. The van der Waals surface area contributed by atoms with E-state index in [2.05, 4.69) is 9.72 Å². The van der Waals surface area contributed by atoms with Gasteiger partial charge in [-0.25, -0.2) is 4.39 Å². The normalized spacial score (nSPS) is 18.7. The Hall–Kier alpha value is -3.15. The van der Waals surface area contributed by atoms with Gasteiger partial charge in [0.15, 0.2) is 5.43 Å². The van der Waals surface area contributed by atoms with Crippen molar-refractivity contribution in [3.8, 4) is 0 Å². The van der Waals surface area contributed by atoms with Crippen LogP contribution in [0.1, 0.15) is 43.5 Å². The summed E-state index contributed by atoms with van der Waals surface area (Å²) in [4.78, 5) is 18.1. The first kappa shape index (κ1) is 19.2. The largest absolute Gasteiger partial charge is 0.396 e. The zero-order chi connectivity index (χ0) is 20.7. The smallest absolute Gasteiger partial charge is 0.189 e. The maximum absolute atomic E-state index is 14.0. The Kier molecular flexibility index (Phi) is 4.86. The van der Waals surface area contributed by atoms with Gasteiger partial charge in [-0.2, -0.15) is 0 Å². The van der Waals surface area contributed by atoms with E-state index in [-0.39, 0.29) is 23.1 Å². The Labute approximate surface area is 168 Å². The van der Waals surface area contributed by atoms with Crippen molar-refractivity contribution in [1.82, 2.24) is 4.57 Å². The first-order chi connectivity index (χ1) is 13.9. The van der Waals surface area contributed by atoms with Crippen LogP contribution in [0, 0.1) is 5.82 Å². The average molecular weight is 393 g/mol. The van der Waals surface area contributed by atoms with Gasteiger partial charge < -0.3 is 15.1 Å². The van der Waals surface area contributed by atoms with Crippen molar-refractivity contribution in [2.75, 3.05) is 5.73 Å². The molecule has 2 aromatic carbocycles. The summed E-state index contributed by atoms with van der Waals surface area (Å²) in [6, 6.07) is 12.3. The zero-order valence-corrected chi connectivity index (χ0v) is 16.8. The van der Waals surface area contributed by atoms with E-state index >= 15 is 0 Å². The number of oxime groups is 1. The van der Waals surface area contributed by atoms with Crippen LogP contribution in [-0.2, 0) is 17.8 Å². The van der Waals surface area contributed by atoms with E-state index in [0.29, 0.717) is 23.9 Å². The first-order valence-electron chi connectivity index (χ1n) is 9.80. The molecule has 2 atom stereocenters. The average Bonchev–Trinajstić information content (AvgIpc) is 3.05. The van der Waals surface area contributed by atoms with Crippen molar-refractivity contribution in [2.24, 2.45) is 5.16 Å². The molecule has 0 saturated carbocycles. The van der Waals surface area contributed by atoms with Gasteiger partial charge in [0.2, 0.25) is 0 Å². The second-order valence-electron chi connectivity index (χ2n) is 7.55. The highest BCUT2D eigenvalue weighted by atomic mass is 19.1. The van der Waals surface area contributed by atoms with Gasteiger partial charge in [-0.1, -0.05) is 30.3 Å². The van der Waals surface area contributed by atoms with Gasteiger partial charge in [-0.15, -0.1) is 0 Å². The minimum Gasteiger partial charge on any atom is -0.396 e. The minimum atomic E-state index is -0.435. The molecule has 6 heteroatoms. The van der Waals surface area contributed by atoms with Crippen LogP contribution in [0.2, 0.25) is 0 Å². The van der Waals surface area contributed by atoms with Gasteiger partial charge in [0.25, 0.3) is 0 Å². The van der Waals surface area contributed by atoms with E-state index < -0.39 is 5.82 Å². The standard InChI is InChI=1S/C23H24FN3O2/c1-4-17-11-21(28)18-9-8-15(22-13(2)26-29-14(22)3)10-20(18)27(17)12-16-6-5-7-19(24)23(16)25/h5-11,14,22H,4,12,25H2,1-3H3. The summed E-state index contributed by atoms with van der Waals surface area (Å²) in [5, 5.41) is 4.73. The van der Waals surface area contributed by atoms with E-state index in [9.17, 15) is 9.18 Å². The zero-order valence-electron chi connectivity index (χ0n) is 16.8. The van der Waals surface area contributed by atoms with Crippen LogP contribution < -0.4 is 11.2 Å². The molecule has 150 valence electrons. The quantitative estimate of drug-likeness (QED) is 0.675. The van der Waals surface area contributed by atoms with E-state index in [1.807, 2.05) is 45.0 Å². The maximum Gasteiger partial charge on any atom is 0.189 e. The molecule has 2 unspecified atom stereocenters. The predicted octanol–water partition coefficient (Wildman–Crippen LogP) is 4.21. The van der Waals surface area contributed by atoms with Crippen LogP contribution in [0.3, 0.4) is 0 Å². The van der Waals surface area contributed by atoms with Crippen LogP contribution in [0.4, 0.5) is 10.1 Å². The van der Waals surface area contributed by atoms with Gasteiger partial charge in [-0.3, -0.25) is 4.79 Å². The summed E-state index contributed by atoms with van der Waals surface area (Å²) in [6.45, 7) is 6.32. The number of aryl methyl sites for hydroxylation is 1. The first-order valence-corrected chi connectivity index (χ1v) is 9.80. The number of nitrogens with zero attached hydrogens (tertiary/aromatic N) is 2. The topological polar surface area (TPSA) is 69.6 Å². The van der Waals surface area contributed by atoms with Crippen LogP contribution in [0.5, 0.6) is 0 Å². The minimum absolute atomic E-state index is 0.0204. The van der Waals surface area contributed by atoms with E-state index in [1.165, 1.54) is 6.07 Å². The Morgan fingerprint density at radius 1 is 1.24 bits per heavy atom. The lowest BCUT2D eigenvalue weighted by Gasteiger charge is -2.20. The summed E-state index contributed by atoms with van der Waals surface area (Å²) in [7, 11) is 0. The molecule has 0 spiro atoms. The molecular weight excluding hydrogens is 369 g/mol. The second-order valence-corrected chi connectivity index (χ2v) is 7.55. The third-order valence-corrected chi connectivity index (χ3v) is 5.70. The van der Waals surface area contributed by atoms with Crippen LogP contribution in [-0.4, -0.2) is 16.4 Å². The molecule has 29 heavy (non-hydrogen) atoms. The fraction of sp³-hybridized carbons (Fsp3) is 0.304. The number of pyridine rings is 1. The Balaban J connectivity index is 1.92. The molecule has 5 nitrogen and oxygen atoms in total. The Morgan fingerprint density at radius 2 is 2.03 bits per heavy atom. The van der Waals surface area contributed by atoms with Crippen LogP contribution >= 0.6 is 0 Å². The number of fused-ring (bicyclic) bond motifs is 1. The molecule has 0 radical (unpaired) electrons. The van der Waals surface area contributed by atoms with Crippen molar-refractivity contribution in [1.29, 1.82) is 0 Å². The number of nitrogen functional groups attached to an aromatic ring is 1. The van der Waals surface area contributed by atoms with Gasteiger partial charge >= 0.3 is 0 Å². The fourth-order valence-corrected chi connectivity index (χ4v) is 4.14. The summed E-state index contributed by atoms with van der Waals surface area (Å²) >= 11 is 0. The molecule has 0 aliphatic carbocycles. The molecule has 1 aliphatic heterocycles. The third-order valence-electron chi connectivity index (χ3n) is 5.70. The Bertz CT molecular complexity index is 1180. The molecule has 0 bridgehead atoms. The van der Waals surface area contributed by atoms with Crippen molar-refractivity contribution in [3.63, 3.8) is 0 Å². The summed E-state index contributed by atoms with van der Waals surface area (Å²) in [6.07, 6.45) is 0.606. The van der Waals surface area contributed by atoms with Crippen LogP contribution in [0.15, 0.2) is 52.4 Å². The molecule has 3 aromatic rings. The van der Waals surface area contributed by atoms with E-state index in [1.54, 1.807) is 12.1 Å². The van der Waals surface area contributed by atoms with Gasteiger partial charge in [0.05, 0.1) is 22.8 Å². The maximum atomic E-state index is 14.0. The predicted molar refractivity (Wildman–Crippen MR) is 114 cm³/mol. The SMILES string of the molecule is CCc1cc(=O)c2ccc(C3C(C)=NOC3C)cc2n1Cc1cccc(F)c1N. The number of hydrogen-bond donors (Lipinski definition) is 1. The van der Waals surface area contributed by atoms with Gasteiger partial charge in [0.1, 0.15) is 11.9 Å². The van der Waals surface area contributed by atoms with Crippen molar-refractivity contribution in [3.05, 3.63) is 75.3 Å². The molecule has 1 aromatic heterocycles. The highest BCUT2D eigenvalue weighted by Crippen LogP contribution is 2.31. The number of para-hydroxylation sites is 1. The Morgan fingerprint density at radius 3 is 2.72 bits per heavy atom.